The van der Waals surface area contributed by atoms with Crippen molar-refractivity contribution in [2.75, 3.05) is 0 Å². The SMILES string of the molecule is Cc1ccc(CNC(=O)/C=C/c2ccc(O)cc2)cc1. The summed E-state index contributed by atoms with van der Waals surface area (Å²) < 4.78 is 0. The summed E-state index contributed by atoms with van der Waals surface area (Å²) in [6.07, 6.45) is 3.20. The summed E-state index contributed by atoms with van der Waals surface area (Å²) in [6, 6.07) is 14.7. The van der Waals surface area contributed by atoms with E-state index in [1.54, 1.807) is 30.3 Å². The Labute approximate surface area is 118 Å². The average molecular weight is 267 g/mol. The predicted octanol–water partition coefficient (Wildman–Crippen LogP) is 3.03. The van der Waals surface area contributed by atoms with E-state index in [4.69, 9.17) is 5.11 Å². The molecule has 0 spiro atoms. The van der Waals surface area contributed by atoms with Gasteiger partial charge >= 0.3 is 0 Å². The van der Waals surface area contributed by atoms with Gasteiger partial charge in [0.25, 0.3) is 0 Å². The molecule has 0 aliphatic rings. The molecule has 1 amide bonds. The van der Waals surface area contributed by atoms with Crippen molar-refractivity contribution in [1.82, 2.24) is 5.32 Å². The Kier molecular flexibility index (Phi) is 4.56. The van der Waals surface area contributed by atoms with Gasteiger partial charge in [0.15, 0.2) is 0 Å². The van der Waals surface area contributed by atoms with E-state index in [9.17, 15) is 4.79 Å². The van der Waals surface area contributed by atoms with Crippen molar-refractivity contribution in [3.8, 4) is 5.75 Å². The number of carbonyl (C=O) groups excluding carboxylic acids is 1. The van der Waals surface area contributed by atoms with Crippen LogP contribution in [0.3, 0.4) is 0 Å². The maximum atomic E-state index is 11.7. The molecule has 102 valence electrons. The first-order chi connectivity index (χ1) is 9.63. The second-order valence-electron chi connectivity index (χ2n) is 4.63. The zero-order valence-corrected chi connectivity index (χ0v) is 11.3. The molecular weight excluding hydrogens is 250 g/mol. The van der Waals surface area contributed by atoms with Crippen LogP contribution in [0, 0.1) is 6.92 Å². The van der Waals surface area contributed by atoms with E-state index in [2.05, 4.69) is 5.32 Å². The van der Waals surface area contributed by atoms with Crippen LogP contribution >= 0.6 is 0 Å². The number of phenolic OH excluding ortho intramolecular Hbond substituents is 1. The van der Waals surface area contributed by atoms with E-state index in [0.29, 0.717) is 6.54 Å². The zero-order chi connectivity index (χ0) is 14.4. The quantitative estimate of drug-likeness (QED) is 0.836. The summed E-state index contributed by atoms with van der Waals surface area (Å²) in [5.41, 5.74) is 3.14. The molecule has 0 radical (unpaired) electrons. The Bertz CT molecular complexity index is 598. The molecule has 0 aliphatic heterocycles. The highest BCUT2D eigenvalue weighted by Gasteiger charge is 1.97. The molecule has 0 saturated carbocycles. The number of nitrogens with one attached hydrogen (secondary N) is 1. The van der Waals surface area contributed by atoms with Crippen LogP contribution in [-0.2, 0) is 11.3 Å². The molecule has 3 nitrogen and oxygen atoms in total. The molecule has 2 N–H and O–H groups in total. The number of hydrogen-bond acceptors (Lipinski definition) is 2. The molecule has 0 unspecified atom stereocenters. The minimum absolute atomic E-state index is 0.140. The van der Waals surface area contributed by atoms with Gasteiger partial charge < -0.3 is 10.4 Å². The van der Waals surface area contributed by atoms with Gasteiger partial charge in [0, 0.05) is 12.6 Å². The Morgan fingerprint density at radius 2 is 1.75 bits per heavy atom. The fourth-order valence-corrected chi connectivity index (χ4v) is 1.71. The van der Waals surface area contributed by atoms with Gasteiger partial charge in [-0.2, -0.15) is 0 Å². The van der Waals surface area contributed by atoms with E-state index in [1.807, 2.05) is 31.2 Å². The van der Waals surface area contributed by atoms with Crippen LogP contribution in [0.15, 0.2) is 54.6 Å². The topological polar surface area (TPSA) is 49.3 Å². The van der Waals surface area contributed by atoms with Crippen LogP contribution in [0.5, 0.6) is 5.75 Å². The first-order valence-electron chi connectivity index (χ1n) is 6.44. The molecule has 0 aromatic heterocycles. The van der Waals surface area contributed by atoms with Gasteiger partial charge in [-0.1, -0.05) is 42.0 Å². The van der Waals surface area contributed by atoms with Crippen molar-refractivity contribution < 1.29 is 9.90 Å². The number of phenols is 1. The van der Waals surface area contributed by atoms with Gasteiger partial charge in [0.05, 0.1) is 0 Å². The first kappa shape index (κ1) is 13.9. The van der Waals surface area contributed by atoms with E-state index in [0.717, 1.165) is 11.1 Å². The van der Waals surface area contributed by atoms with Gasteiger partial charge in [-0.25, -0.2) is 0 Å². The zero-order valence-electron chi connectivity index (χ0n) is 11.3. The summed E-state index contributed by atoms with van der Waals surface area (Å²) >= 11 is 0. The van der Waals surface area contributed by atoms with Gasteiger partial charge in [0.1, 0.15) is 5.75 Å². The number of carbonyl (C=O) groups is 1. The number of rotatable bonds is 4. The normalized spacial score (nSPS) is 10.7. The highest BCUT2D eigenvalue weighted by atomic mass is 16.3. The fraction of sp³-hybridized carbons (Fsp3) is 0.118. The molecule has 0 atom stereocenters. The third-order valence-electron chi connectivity index (χ3n) is 2.91. The average Bonchev–Trinajstić information content (AvgIpc) is 2.46. The Morgan fingerprint density at radius 3 is 2.40 bits per heavy atom. The van der Waals surface area contributed by atoms with Crippen molar-refractivity contribution in [3.63, 3.8) is 0 Å². The van der Waals surface area contributed by atoms with Gasteiger partial charge in [-0.3, -0.25) is 4.79 Å². The molecule has 0 aliphatic carbocycles. The number of hydrogen-bond donors (Lipinski definition) is 2. The van der Waals surface area contributed by atoms with Crippen molar-refractivity contribution >= 4 is 12.0 Å². The largest absolute Gasteiger partial charge is 0.508 e. The maximum Gasteiger partial charge on any atom is 0.244 e. The minimum Gasteiger partial charge on any atom is -0.508 e. The summed E-state index contributed by atoms with van der Waals surface area (Å²) in [7, 11) is 0. The second-order valence-corrected chi connectivity index (χ2v) is 4.63. The Hall–Kier alpha value is -2.55. The van der Waals surface area contributed by atoms with Crippen LogP contribution in [-0.4, -0.2) is 11.0 Å². The van der Waals surface area contributed by atoms with E-state index in [-0.39, 0.29) is 11.7 Å². The lowest BCUT2D eigenvalue weighted by Gasteiger charge is -2.03. The monoisotopic (exact) mass is 267 g/mol. The number of aromatic hydroxyl groups is 1. The Morgan fingerprint density at radius 1 is 1.10 bits per heavy atom. The number of aryl methyl sites for hydroxylation is 1. The van der Waals surface area contributed by atoms with Crippen molar-refractivity contribution in [2.24, 2.45) is 0 Å². The van der Waals surface area contributed by atoms with Crippen LogP contribution in [0.2, 0.25) is 0 Å². The van der Waals surface area contributed by atoms with Crippen molar-refractivity contribution in [2.45, 2.75) is 13.5 Å². The molecule has 2 rings (SSSR count). The molecule has 0 saturated heterocycles. The molecule has 3 heteroatoms. The maximum absolute atomic E-state index is 11.7. The van der Waals surface area contributed by atoms with Crippen molar-refractivity contribution in [1.29, 1.82) is 0 Å². The Balaban J connectivity index is 1.86. The predicted molar refractivity (Wildman–Crippen MR) is 80.2 cm³/mol. The lowest BCUT2D eigenvalue weighted by atomic mass is 10.1. The lowest BCUT2D eigenvalue weighted by Crippen LogP contribution is -2.20. The fourth-order valence-electron chi connectivity index (χ4n) is 1.71. The second kappa shape index (κ2) is 6.57. The molecule has 2 aromatic carbocycles. The van der Waals surface area contributed by atoms with Crippen LogP contribution in [0.25, 0.3) is 6.08 Å². The molecule has 2 aromatic rings. The van der Waals surface area contributed by atoms with Crippen molar-refractivity contribution in [3.05, 3.63) is 71.3 Å². The van der Waals surface area contributed by atoms with E-state index >= 15 is 0 Å². The smallest absolute Gasteiger partial charge is 0.244 e. The summed E-state index contributed by atoms with van der Waals surface area (Å²) in [6.45, 7) is 2.54. The third kappa shape index (κ3) is 4.28. The summed E-state index contributed by atoms with van der Waals surface area (Å²) in [5, 5.41) is 12.0. The molecule has 0 fully saturated rings. The number of benzene rings is 2. The standard InChI is InChI=1S/C17H17NO2/c1-13-2-4-15(5-3-13)12-18-17(20)11-8-14-6-9-16(19)10-7-14/h2-11,19H,12H2,1H3,(H,18,20)/b11-8+. The van der Waals surface area contributed by atoms with Crippen LogP contribution in [0.1, 0.15) is 16.7 Å². The van der Waals surface area contributed by atoms with E-state index < -0.39 is 0 Å². The third-order valence-corrected chi connectivity index (χ3v) is 2.91. The molecule has 0 bridgehead atoms. The lowest BCUT2D eigenvalue weighted by molar-refractivity contribution is -0.116. The molecule has 20 heavy (non-hydrogen) atoms. The van der Waals surface area contributed by atoms with E-state index in [1.165, 1.54) is 11.6 Å². The molecular formula is C17H17NO2. The van der Waals surface area contributed by atoms with Gasteiger partial charge in [0.2, 0.25) is 5.91 Å². The summed E-state index contributed by atoms with van der Waals surface area (Å²) in [4.78, 5) is 11.7. The highest BCUT2D eigenvalue weighted by molar-refractivity contribution is 5.91. The van der Waals surface area contributed by atoms with Gasteiger partial charge in [-0.15, -0.1) is 0 Å². The number of amides is 1. The summed E-state index contributed by atoms with van der Waals surface area (Å²) in [5.74, 6) is 0.0737. The van der Waals surface area contributed by atoms with Gasteiger partial charge in [-0.05, 0) is 36.3 Å². The van der Waals surface area contributed by atoms with Crippen LogP contribution < -0.4 is 5.32 Å². The first-order valence-corrected chi connectivity index (χ1v) is 6.44. The molecule has 0 heterocycles. The minimum atomic E-state index is -0.140. The highest BCUT2D eigenvalue weighted by Crippen LogP contribution is 2.10. The van der Waals surface area contributed by atoms with Crippen LogP contribution in [0.4, 0.5) is 0 Å².